The van der Waals surface area contributed by atoms with Gasteiger partial charge in [-0.2, -0.15) is 5.10 Å². The topological polar surface area (TPSA) is 63.3 Å². The Labute approximate surface area is 197 Å². The number of nitrogens with zero attached hydrogens (tertiary/aromatic N) is 3. The third kappa shape index (κ3) is 5.02. The Morgan fingerprint density at radius 2 is 1.85 bits per heavy atom. The number of hydrogen-bond acceptors (Lipinski definition) is 4. The second-order valence-electron chi connectivity index (χ2n) is 8.29. The molecule has 0 unspecified atom stereocenters. The van der Waals surface area contributed by atoms with Gasteiger partial charge in [-0.15, -0.1) is 0 Å². The number of hydrogen-bond donors (Lipinski definition) is 1. The molecule has 168 valence electrons. The van der Waals surface area contributed by atoms with Crippen LogP contribution in [-0.2, 0) is 6.54 Å². The molecule has 1 aliphatic heterocycles. The van der Waals surface area contributed by atoms with Crippen molar-refractivity contribution in [2.24, 2.45) is 0 Å². The number of furan rings is 1. The van der Waals surface area contributed by atoms with Crippen LogP contribution < -0.4 is 5.32 Å². The van der Waals surface area contributed by atoms with Gasteiger partial charge in [0.05, 0.1) is 12.0 Å². The van der Waals surface area contributed by atoms with E-state index in [1.54, 1.807) is 35.2 Å². The van der Waals surface area contributed by atoms with Crippen molar-refractivity contribution in [2.75, 3.05) is 13.1 Å². The first-order valence-corrected chi connectivity index (χ1v) is 11.5. The lowest BCUT2D eigenvalue weighted by Crippen LogP contribution is -2.44. The molecule has 1 fully saturated rings. The normalized spacial score (nSPS) is 14.9. The van der Waals surface area contributed by atoms with E-state index in [0.717, 1.165) is 38.2 Å². The fourth-order valence-electron chi connectivity index (χ4n) is 4.23. The van der Waals surface area contributed by atoms with Gasteiger partial charge >= 0.3 is 0 Å². The minimum Gasteiger partial charge on any atom is -0.463 e. The van der Waals surface area contributed by atoms with Gasteiger partial charge in [-0.05, 0) is 48.7 Å². The molecule has 1 N–H and O–H groups in total. The molecule has 0 saturated carbocycles. The first kappa shape index (κ1) is 21.5. The van der Waals surface area contributed by atoms with E-state index in [4.69, 9.17) is 16.0 Å². The van der Waals surface area contributed by atoms with Gasteiger partial charge in [-0.3, -0.25) is 9.69 Å². The van der Waals surface area contributed by atoms with E-state index in [-0.39, 0.29) is 11.9 Å². The molecule has 0 spiro atoms. The molecule has 0 atom stereocenters. The maximum absolute atomic E-state index is 13.3. The molecular weight excluding hydrogens is 436 g/mol. The van der Waals surface area contributed by atoms with E-state index in [1.807, 2.05) is 24.3 Å². The van der Waals surface area contributed by atoms with Crippen molar-refractivity contribution >= 4 is 17.5 Å². The zero-order chi connectivity index (χ0) is 22.6. The number of piperidine rings is 1. The summed E-state index contributed by atoms with van der Waals surface area (Å²) in [6.45, 7) is 2.84. The number of aromatic nitrogens is 2. The highest BCUT2D eigenvalue weighted by molar-refractivity contribution is 6.30. The molecular formula is C26H25ClN4O2. The average Bonchev–Trinajstić information content (AvgIpc) is 3.51. The van der Waals surface area contributed by atoms with Crippen molar-refractivity contribution in [1.82, 2.24) is 20.0 Å². The molecule has 2 aromatic carbocycles. The highest BCUT2D eigenvalue weighted by Gasteiger charge is 2.24. The molecule has 0 radical (unpaired) electrons. The van der Waals surface area contributed by atoms with Gasteiger partial charge in [-0.1, -0.05) is 48.0 Å². The molecule has 1 saturated heterocycles. The van der Waals surface area contributed by atoms with Gasteiger partial charge in [0.1, 0.15) is 11.4 Å². The molecule has 6 nitrogen and oxygen atoms in total. The number of likely N-dealkylation sites (tertiary alicyclic amines) is 1. The second-order valence-corrected chi connectivity index (χ2v) is 8.73. The van der Waals surface area contributed by atoms with Gasteiger partial charge < -0.3 is 9.73 Å². The van der Waals surface area contributed by atoms with Crippen molar-refractivity contribution in [3.8, 4) is 17.1 Å². The molecule has 0 bridgehead atoms. The average molecular weight is 461 g/mol. The largest absolute Gasteiger partial charge is 0.463 e. The van der Waals surface area contributed by atoms with Crippen LogP contribution in [0.2, 0.25) is 5.02 Å². The third-order valence-corrected chi connectivity index (χ3v) is 6.18. The molecule has 4 aromatic rings. The Balaban J connectivity index is 1.30. The van der Waals surface area contributed by atoms with Gasteiger partial charge in [0.15, 0.2) is 5.76 Å². The summed E-state index contributed by atoms with van der Waals surface area (Å²) in [5.41, 5.74) is 3.09. The summed E-state index contributed by atoms with van der Waals surface area (Å²) < 4.78 is 7.13. The highest BCUT2D eigenvalue weighted by atomic mass is 35.5. The van der Waals surface area contributed by atoms with Crippen molar-refractivity contribution in [2.45, 2.75) is 25.4 Å². The minimum absolute atomic E-state index is 0.124. The van der Waals surface area contributed by atoms with Crippen LogP contribution in [0.25, 0.3) is 17.1 Å². The fourth-order valence-corrected chi connectivity index (χ4v) is 4.41. The van der Waals surface area contributed by atoms with Crippen molar-refractivity contribution in [3.63, 3.8) is 0 Å². The molecule has 3 heterocycles. The van der Waals surface area contributed by atoms with Crippen molar-refractivity contribution < 1.29 is 9.21 Å². The van der Waals surface area contributed by atoms with Crippen molar-refractivity contribution in [1.29, 1.82) is 0 Å². The van der Waals surface area contributed by atoms with Crippen LogP contribution in [0.5, 0.6) is 0 Å². The molecule has 1 aliphatic rings. The van der Waals surface area contributed by atoms with E-state index in [0.29, 0.717) is 22.2 Å². The smallest absolute Gasteiger partial charge is 0.270 e. The third-order valence-electron chi connectivity index (χ3n) is 5.94. The zero-order valence-corrected chi connectivity index (χ0v) is 18.9. The second kappa shape index (κ2) is 9.65. The SMILES string of the molecule is O=C(NC1CCN(Cc2ccccc2)CC1)c1cc(-c2ccco2)nn1-c1cccc(Cl)c1. The van der Waals surface area contributed by atoms with E-state index in [9.17, 15) is 4.79 Å². The number of rotatable bonds is 6. The number of benzene rings is 2. The maximum atomic E-state index is 13.3. The molecule has 0 aliphatic carbocycles. The van der Waals surface area contributed by atoms with Gasteiger partial charge in [0.25, 0.3) is 5.91 Å². The van der Waals surface area contributed by atoms with E-state index in [2.05, 4.69) is 39.6 Å². The van der Waals surface area contributed by atoms with Crippen LogP contribution in [0.4, 0.5) is 0 Å². The van der Waals surface area contributed by atoms with Gasteiger partial charge in [-0.25, -0.2) is 4.68 Å². The van der Waals surface area contributed by atoms with Crippen molar-refractivity contribution in [3.05, 3.63) is 95.3 Å². The zero-order valence-electron chi connectivity index (χ0n) is 18.2. The number of nitrogens with one attached hydrogen (secondary N) is 1. The van der Waals surface area contributed by atoms with Gasteiger partial charge in [0, 0.05) is 36.8 Å². The molecule has 5 rings (SSSR count). The Kier molecular flexibility index (Phi) is 6.28. The Morgan fingerprint density at radius 3 is 2.58 bits per heavy atom. The van der Waals surface area contributed by atoms with E-state index in [1.165, 1.54) is 5.56 Å². The standard InChI is InChI=1S/C26H25ClN4O2/c27-20-8-4-9-22(16-20)31-24(17-23(29-31)25-10-5-15-33-25)26(32)28-21-11-13-30(14-12-21)18-19-6-2-1-3-7-19/h1-10,15-17,21H,11-14,18H2,(H,28,32). The lowest BCUT2D eigenvalue weighted by Gasteiger charge is -2.32. The summed E-state index contributed by atoms with van der Waals surface area (Å²) in [6.07, 6.45) is 3.42. The predicted molar refractivity (Wildman–Crippen MR) is 128 cm³/mol. The Bertz CT molecular complexity index is 1210. The Morgan fingerprint density at radius 1 is 1.03 bits per heavy atom. The monoisotopic (exact) mass is 460 g/mol. The van der Waals surface area contributed by atoms with E-state index < -0.39 is 0 Å². The van der Waals surface area contributed by atoms with Crippen LogP contribution in [0.3, 0.4) is 0 Å². The van der Waals surface area contributed by atoms with Crippen LogP contribution in [-0.4, -0.2) is 39.7 Å². The summed E-state index contributed by atoms with van der Waals surface area (Å²) in [5.74, 6) is 0.459. The fraction of sp³-hybridized carbons (Fsp3) is 0.231. The number of amides is 1. The van der Waals surface area contributed by atoms with Crippen LogP contribution >= 0.6 is 11.6 Å². The summed E-state index contributed by atoms with van der Waals surface area (Å²) in [7, 11) is 0. The first-order chi connectivity index (χ1) is 16.2. The number of carbonyl (C=O) groups excluding carboxylic acids is 1. The molecule has 7 heteroatoms. The van der Waals surface area contributed by atoms with Crippen LogP contribution in [0.1, 0.15) is 28.9 Å². The number of carbonyl (C=O) groups is 1. The molecule has 33 heavy (non-hydrogen) atoms. The number of halogens is 1. The molecule has 2 aromatic heterocycles. The minimum atomic E-state index is -0.151. The Hall–Kier alpha value is -3.35. The van der Waals surface area contributed by atoms with Crippen LogP contribution in [0, 0.1) is 0 Å². The summed E-state index contributed by atoms with van der Waals surface area (Å²) in [6, 6.07) is 23.3. The van der Waals surface area contributed by atoms with Crippen LogP contribution in [0.15, 0.2) is 83.5 Å². The summed E-state index contributed by atoms with van der Waals surface area (Å²) in [4.78, 5) is 15.7. The quantitative estimate of drug-likeness (QED) is 0.430. The summed E-state index contributed by atoms with van der Waals surface area (Å²) in [5, 5.41) is 8.43. The van der Waals surface area contributed by atoms with E-state index >= 15 is 0 Å². The lowest BCUT2D eigenvalue weighted by atomic mass is 10.0. The van der Waals surface area contributed by atoms with Gasteiger partial charge in [0.2, 0.25) is 0 Å². The summed E-state index contributed by atoms with van der Waals surface area (Å²) >= 11 is 6.20. The first-order valence-electron chi connectivity index (χ1n) is 11.1. The maximum Gasteiger partial charge on any atom is 0.270 e. The predicted octanol–water partition coefficient (Wildman–Crippen LogP) is 5.18. The highest BCUT2D eigenvalue weighted by Crippen LogP contribution is 2.24. The lowest BCUT2D eigenvalue weighted by molar-refractivity contribution is 0.0901. The molecule has 1 amide bonds.